The van der Waals surface area contributed by atoms with Crippen LogP contribution < -0.4 is 20.2 Å². The van der Waals surface area contributed by atoms with Gasteiger partial charge in [-0.3, -0.25) is 9.59 Å². The van der Waals surface area contributed by atoms with Crippen molar-refractivity contribution in [2.75, 3.05) is 6.79 Å². The Morgan fingerprint density at radius 1 is 0.895 bits per heavy atom. The van der Waals surface area contributed by atoms with Crippen molar-refractivity contribution in [2.24, 2.45) is 5.10 Å². The molecule has 0 bridgehead atoms. The van der Waals surface area contributed by atoms with Crippen LogP contribution in [0.3, 0.4) is 0 Å². The Morgan fingerprint density at radius 2 is 1.71 bits per heavy atom. The lowest BCUT2D eigenvalue weighted by atomic mass is 10.1. The molecule has 0 fully saturated rings. The molecular formula is C28H19Cl2N3O5. The molecule has 0 aliphatic carbocycles. The fourth-order valence-electron chi connectivity index (χ4n) is 3.59. The van der Waals surface area contributed by atoms with Crippen molar-refractivity contribution in [1.82, 2.24) is 10.7 Å². The molecule has 0 atom stereocenters. The first-order chi connectivity index (χ1) is 18.5. The number of carbonyl (C=O) groups excluding carboxylic acids is 2. The van der Waals surface area contributed by atoms with Crippen molar-refractivity contribution in [3.8, 4) is 22.8 Å². The normalized spacial score (nSPS) is 12.5. The number of nitrogens with zero attached hydrogens (tertiary/aromatic N) is 1. The van der Waals surface area contributed by atoms with E-state index in [2.05, 4.69) is 15.8 Å². The van der Waals surface area contributed by atoms with Crippen LogP contribution in [0.25, 0.3) is 17.4 Å². The van der Waals surface area contributed by atoms with E-state index < -0.39 is 11.8 Å². The van der Waals surface area contributed by atoms with Gasteiger partial charge in [-0.1, -0.05) is 53.5 Å². The minimum absolute atomic E-state index is 0.0271. The van der Waals surface area contributed by atoms with Crippen molar-refractivity contribution >= 4 is 47.3 Å². The van der Waals surface area contributed by atoms with Gasteiger partial charge in [0.05, 0.1) is 16.3 Å². The Balaban J connectivity index is 1.34. The van der Waals surface area contributed by atoms with Crippen LogP contribution in [0.1, 0.15) is 21.7 Å². The monoisotopic (exact) mass is 547 g/mol. The zero-order valence-electron chi connectivity index (χ0n) is 19.6. The summed E-state index contributed by atoms with van der Waals surface area (Å²) in [5.74, 6) is 0.899. The Hall–Kier alpha value is -4.53. The van der Waals surface area contributed by atoms with Crippen LogP contribution in [0.15, 0.2) is 94.1 Å². The summed E-state index contributed by atoms with van der Waals surface area (Å²) in [7, 11) is 0. The first-order valence-electron chi connectivity index (χ1n) is 11.3. The zero-order chi connectivity index (χ0) is 26.5. The Kier molecular flexibility index (Phi) is 7.44. The molecule has 2 amide bonds. The fourth-order valence-corrected chi connectivity index (χ4v) is 3.98. The molecule has 190 valence electrons. The number of ether oxygens (including phenoxy) is 2. The summed E-state index contributed by atoms with van der Waals surface area (Å²) in [5.41, 5.74) is 4.02. The second-order valence-corrected chi connectivity index (χ2v) is 8.78. The van der Waals surface area contributed by atoms with E-state index in [9.17, 15) is 9.59 Å². The maximum atomic E-state index is 13.0. The molecule has 2 N–H and O–H groups in total. The van der Waals surface area contributed by atoms with Gasteiger partial charge in [-0.2, -0.15) is 5.10 Å². The quantitative estimate of drug-likeness (QED) is 0.170. The molecule has 2 heterocycles. The molecule has 38 heavy (non-hydrogen) atoms. The van der Waals surface area contributed by atoms with Crippen molar-refractivity contribution < 1.29 is 23.5 Å². The molecule has 8 nitrogen and oxygen atoms in total. The van der Waals surface area contributed by atoms with Gasteiger partial charge in [-0.25, -0.2) is 5.43 Å². The highest BCUT2D eigenvalue weighted by molar-refractivity contribution is 6.43. The lowest BCUT2D eigenvalue weighted by Crippen LogP contribution is -2.32. The van der Waals surface area contributed by atoms with Gasteiger partial charge >= 0.3 is 0 Å². The molecular weight excluding hydrogens is 529 g/mol. The maximum Gasteiger partial charge on any atom is 0.287 e. The third kappa shape index (κ3) is 5.72. The highest BCUT2D eigenvalue weighted by Gasteiger charge is 2.17. The van der Waals surface area contributed by atoms with Crippen molar-refractivity contribution in [3.05, 3.63) is 111 Å². The molecule has 0 saturated heterocycles. The molecule has 4 aromatic rings. The third-order valence-corrected chi connectivity index (χ3v) is 6.26. The number of amides is 2. The van der Waals surface area contributed by atoms with Gasteiger partial charge in [0, 0.05) is 11.1 Å². The topological polar surface area (TPSA) is 102 Å². The van der Waals surface area contributed by atoms with Crippen LogP contribution in [-0.2, 0) is 4.79 Å². The first kappa shape index (κ1) is 25.1. The largest absolute Gasteiger partial charge is 0.455 e. The summed E-state index contributed by atoms with van der Waals surface area (Å²) in [4.78, 5) is 25.8. The number of halogens is 2. The van der Waals surface area contributed by atoms with Crippen LogP contribution >= 0.6 is 23.2 Å². The second kappa shape index (κ2) is 11.2. The minimum Gasteiger partial charge on any atom is -0.455 e. The van der Waals surface area contributed by atoms with Gasteiger partial charge in [0.15, 0.2) is 11.5 Å². The maximum absolute atomic E-state index is 13.0. The van der Waals surface area contributed by atoms with Gasteiger partial charge in [0.2, 0.25) is 6.79 Å². The molecule has 0 unspecified atom stereocenters. The number of hydrogen-bond donors (Lipinski definition) is 2. The predicted molar refractivity (Wildman–Crippen MR) is 144 cm³/mol. The number of hydrogen-bond acceptors (Lipinski definition) is 6. The molecule has 1 aliphatic rings. The number of fused-ring (bicyclic) bond motifs is 1. The van der Waals surface area contributed by atoms with Crippen molar-refractivity contribution in [3.63, 3.8) is 0 Å². The molecule has 0 radical (unpaired) electrons. The molecule has 0 saturated carbocycles. The van der Waals surface area contributed by atoms with Crippen molar-refractivity contribution in [2.45, 2.75) is 0 Å². The highest BCUT2D eigenvalue weighted by atomic mass is 35.5. The number of furan rings is 1. The number of benzene rings is 3. The number of nitrogens with one attached hydrogen (secondary N) is 2. The minimum atomic E-state index is -0.645. The highest BCUT2D eigenvalue weighted by Crippen LogP contribution is 2.34. The molecule has 0 spiro atoms. The number of carbonyl (C=O) groups is 2. The zero-order valence-corrected chi connectivity index (χ0v) is 21.1. The summed E-state index contributed by atoms with van der Waals surface area (Å²) in [6.45, 7) is 0.118. The van der Waals surface area contributed by atoms with Gasteiger partial charge < -0.3 is 19.2 Å². The summed E-state index contributed by atoms with van der Waals surface area (Å²) in [5, 5.41) is 7.40. The predicted octanol–water partition coefficient (Wildman–Crippen LogP) is 5.90. The summed E-state index contributed by atoms with van der Waals surface area (Å²) in [6, 6.07) is 22.3. The Morgan fingerprint density at radius 3 is 2.55 bits per heavy atom. The third-order valence-electron chi connectivity index (χ3n) is 5.44. The lowest BCUT2D eigenvalue weighted by molar-refractivity contribution is -0.117. The van der Waals surface area contributed by atoms with E-state index >= 15 is 0 Å². The van der Waals surface area contributed by atoms with E-state index in [0.29, 0.717) is 49.8 Å². The second-order valence-electron chi connectivity index (χ2n) is 7.99. The first-order valence-corrected chi connectivity index (χ1v) is 12.1. The van der Waals surface area contributed by atoms with E-state index in [-0.39, 0.29) is 12.5 Å². The van der Waals surface area contributed by atoms with E-state index in [1.54, 1.807) is 78.9 Å². The molecule has 3 aromatic carbocycles. The average molecular weight is 548 g/mol. The Bertz CT molecular complexity index is 1560. The molecule has 1 aromatic heterocycles. The number of rotatable bonds is 7. The fraction of sp³-hybridized carbons (Fsp3) is 0.0357. The van der Waals surface area contributed by atoms with E-state index in [4.69, 9.17) is 37.1 Å². The number of hydrazone groups is 1. The smallest absolute Gasteiger partial charge is 0.287 e. The van der Waals surface area contributed by atoms with Crippen LogP contribution in [0, 0.1) is 0 Å². The summed E-state index contributed by atoms with van der Waals surface area (Å²) < 4.78 is 16.5. The van der Waals surface area contributed by atoms with Crippen LogP contribution in [0.4, 0.5) is 0 Å². The van der Waals surface area contributed by atoms with E-state index in [1.165, 1.54) is 12.3 Å². The van der Waals surface area contributed by atoms with Crippen LogP contribution in [0.2, 0.25) is 10.0 Å². The molecule has 1 aliphatic heterocycles. The van der Waals surface area contributed by atoms with Gasteiger partial charge in [-0.15, -0.1) is 0 Å². The van der Waals surface area contributed by atoms with Gasteiger partial charge in [0.25, 0.3) is 11.8 Å². The molecule has 10 heteroatoms. The lowest BCUT2D eigenvalue weighted by Gasteiger charge is -2.09. The molecule has 5 rings (SSSR count). The summed E-state index contributed by atoms with van der Waals surface area (Å²) in [6.07, 6.45) is 2.84. The average Bonchev–Trinajstić information content (AvgIpc) is 3.60. The van der Waals surface area contributed by atoms with Crippen LogP contribution in [0.5, 0.6) is 11.5 Å². The van der Waals surface area contributed by atoms with E-state index in [1.807, 2.05) is 0 Å². The van der Waals surface area contributed by atoms with Gasteiger partial charge in [-0.05, 0) is 60.2 Å². The standard InChI is InChI=1S/C28H19Cl2N3O5/c29-21-8-4-7-20(26(21)30)23-12-10-19(38-23)15-31-33-28(35)22(32-27(34)18-5-2-1-3-6-18)13-17-9-11-24-25(14-17)37-16-36-24/h1-15H,16H2,(H,32,34)(H,33,35). The Labute approximate surface area is 227 Å². The van der Waals surface area contributed by atoms with Crippen molar-refractivity contribution in [1.29, 1.82) is 0 Å². The van der Waals surface area contributed by atoms with Gasteiger partial charge in [0.1, 0.15) is 17.2 Å². The SMILES string of the molecule is O=C(NN=Cc1ccc(-c2cccc(Cl)c2Cl)o1)C(=Cc1ccc2c(c1)OCO2)NC(=O)c1ccccc1. The van der Waals surface area contributed by atoms with Crippen LogP contribution in [-0.4, -0.2) is 24.8 Å². The summed E-state index contributed by atoms with van der Waals surface area (Å²) >= 11 is 12.3. The van der Waals surface area contributed by atoms with E-state index in [0.717, 1.165) is 0 Å².